The van der Waals surface area contributed by atoms with Crippen molar-refractivity contribution in [2.24, 2.45) is 0 Å². The van der Waals surface area contributed by atoms with Gasteiger partial charge in [-0.2, -0.15) is 0 Å². The molecule has 0 saturated heterocycles. The Balaban J connectivity index is 1.39. The molecule has 33 heavy (non-hydrogen) atoms. The Hall–Kier alpha value is -3.97. The number of fused-ring (bicyclic) bond motifs is 1. The minimum absolute atomic E-state index is 0.151. The predicted molar refractivity (Wildman–Crippen MR) is 130 cm³/mol. The minimum Gasteiger partial charge on any atom is -0.327 e. The molecular weight excluding hydrogens is 432 g/mol. The molecule has 3 aromatic carbocycles. The van der Waals surface area contributed by atoms with Crippen molar-refractivity contribution in [2.75, 3.05) is 4.72 Å². The number of aromatic nitrogens is 3. The second kappa shape index (κ2) is 8.52. The summed E-state index contributed by atoms with van der Waals surface area (Å²) in [5.41, 5.74) is 4.24. The number of aryl methyl sites for hydroxylation is 1. The molecule has 2 heterocycles. The van der Waals surface area contributed by atoms with Crippen LogP contribution in [-0.4, -0.2) is 23.0 Å². The lowest BCUT2D eigenvalue weighted by Gasteiger charge is -2.12. The number of anilines is 1. The van der Waals surface area contributed by atoms with Crippen LogP contribution in [-0.2, 0) is 16.6 Å². The minimum atomic E-state index is -3.79. The third-order valence-corrected chi connectivity index (χ3v) is 6.84. The lowest BCUT2D eigenvalue weighted by molar-refractivity contribution is 0.602. The van der Waals surface area contributed by atoms with E-state index in [1.54, 1.807) is 42.7 Å². The van der Waals surface area contributed by atoms with Gasteiger partial charge in [-0.05, 0) is 48.9 Å². The maximum Gasteiger partial charge on any atom is 0.264 e. The van der Waals surface area contributed by atoms with Crippen molar-refractivity contribution in [1.82, 2.24) is 14.5 Å². The number of nitrogens with zero attached hydrogens (tertiary/aromatic N) is 3. The molecule has 0 atom stereocenters. The van der Waals surface area contributed by atoms with Gasteiger partial charge < -0.3 is 4.57 Å². The molecule has 0 radical (unpaired) electrons. The molecule has 164 valence electrons. The van der Waals surface area contributed by atoms with E-state index in [9.17, 15) is 8.42 Å². The number of nitrogens with one attached hydrogen (secondary N) is 1. The number of imidazole rings is 1. The van der Waals surface area contributed by atoms with E-state index in [4.69, 9.17) is 0 Å². The fourth-order valence-corrected chi connectivity index (χ4v) is 5.13. The number of pyridine rings is 1. The summed E-state index contributed by atoms with van der Waals surface area (Å²) in [6.45, 7) is 2.78. The van der Waals surface area contributed by atoms with E-state index >= 15 is 0 Å². The molecule has 0 bridgehead atoms. The molecule has 0 aliphatic carbocycles. The van der Waals surface area contributed by atoms with Gasteiger partial charge in [0, 0.05) is 41.8 Å². The molecule has 2 aromatic heterocycles. The van der Waals surface area contributed by atoms with Crippen LogP contribution in [0, 0.1) is 6.92 Å². The Morgan fingerprint density at radius 1 is 0.879 bits per heavy atom. The van der Waals surface area contributed by atoms with Crippen molar-refractivity contribution < 1.29 is 8.42 Å². The Labute approximate surface area is 192 Å². The van der Waals surface area contributed by atoms with Crippen LogP contribution in [0.2, 0.25) is 0 Å². The van der Waals surface area contributed by atoms with Crippen LogP contribution >= 0.6 is 0 Å². The summed E-state index contributed by atoms with van der Waals surface area (Å²) < 4.78 is 30.8. The number of benzene rings is 3. The number of para-hydroxylation sites is 1. The molecule has 0 amide bonds. The van der Waals surface area contributed by atoms with E-state index in [0.29, 0.717) is 17.7 Å². The van der Waals surface area contributed by atoms with Crippen molar-refractivity contribution in [3.63, 3.8) is 0 Å². The second-order valence-corrected chi connectivity index (χ2v) is 9.53. The van der Waals surface area contributed by atoms with Gasteiger partial charge in [0.05, 0.1) is 5.52 Å². The zero-order valence-electron chi connectivity index (χ0n) is 18.0. The van der Waals surface area contributed by atoms with Gasteiger partial charge >= 0.3 is 0 Å². The molecular formula is C26H22N4O2S. The first-order valence-corrected chi connectivity index (χ1v) is 12.0. The van der Waals surface area contributed by atoms with Crippen molar-refractivity contribution in [3.8, 4) is 11.4 Å². The Morgan fingerprint density at radius 2 is 1.67 bits per heavy atom. The summed E-state index contributed by atoms with van der Waals surface area (Å²) in [5, 5.41) is 0.774. The highest BCUT2D eigenvalue weighted by molar-refractivity contribution is 7.93. The molecule has 6 nitrogen and oxygen atoms in total. The molecule has 5 rings (SSSR count). The highest BCUT2D eigenvalue weighted by Gasteiger charge is 2.18. The molecule has 0 spiro atoms. The number of hydrogen-bond donors (Lipinski definition) is 1. The van der Waals surface area contributed by atoms with Gasteiger partial charge in [0.1, 0.15) is 10.7 Å². The normalized spacial score (nSPS) is 11.5. The van der Waals surface area contributed by atoms with Crippen LogP contribution in [0.15, 0.2) is 102 Å². The summed E-state index contributed by atoms with van der Waals surface area (Å²) in [6.07, 6.45) is 5.31. The summed E-state index contributed by atoms with van der Waals surface area (Å²) in [7, 11) is -3.79. The maximum atomic E-state index is 13.0. The Morgan fingerprint density at radius 3 is 2.48 bits per heavy atom. The highest BCUT2D eigenvalue weighted by Crippen LogP contribution is 2.25. The van der Waals surface area contributed by atoms with Gasteiger partial charge in [-0.3, -0.25) is 9.71 Å². The van der Waals surface area contributed by atoms with Gasteiger partial charge in [-0.15, -0.1) is 0 Å². The summed E-state index contributed by atoms with van der Waals surface area (Å²) >= 11 is 0. The molecule has 0 saturated carbocycles. The van der Waals surface area contributed by atoms with Crippen molar-refractivity contribution in [3.05, 3.63) is 109 Å². The van der Waals surface area contributed by atoms with E-state index in [-0.39, 0.29) is 4.90 Å². The number of sulfonamides is 1. The monoisotopic (exact) mass is 454 g/mol. The topological polar surface area (TPSA) is 76.9 Å². The lowest BCUT2D eigenvalue weighted by atomic mass is 10.1. The van der Waals surface area contributed by atoms with E-state index in [1.807, 2.05) is 36.5 Å². The largest absolute Gasteiger partial charge is 0.327 e. The van der Waals surface area contributed by atoms with Gasteiger partial charge in [0.25, 0.3) is 10.0 Å². The number of rotatable bonds is 6. The second-order valence-electron chi connectivity index (χ2n) is 7.88. The molecule has 0 aliphatic heterocycles. The first-order chi connectivity index (χ1) is 16.0. The summed E-state index contributed by atoms with van der Waals surface area (Å²) in [6, 6.07) is 24.4. The van der Waals surface area contributed by atoms with Crippen LogP contribution in [0.1, 0.15) is 11.1 Å². The zero-order chi connectivity index (χ0) is 22.8. The fourth-order valence-electron chi connectivity index (χ4n) is 3.89. The zero-order valence-corrected chi connectivity index (χ0v) is 18.8. The Kier molecular flexibility index (Phi) is 5.40. The lowest BCUT2D eigenvalue weighted by Crippen LogP contribution is -2.13. The van der Waals surface area contributed by atoms with Crippen LogP contribution in [0.3, 0.4) is 0 Å². The van der Waals surface area contributed by atoms with E-state index in [2.05, 4.69) is 44.4 Å². The van der Waals surface area contributed by atoms with Gasteiger partial charge in [0.2, 0.25) is 0 Å². The van der Waals surface area contributed by atoms with Gasteiger partial charge in [0.15, 0.2) is 0 Å². The van der Waals surface area contributed by atoms with Gasteiger partial charge in [-0.25, -0.2) is 13.4 Å². The Bertz CT molecular complexity index is 1540. The average molecular weight is 455 g/mol. The summed E-state index contributed by atoms with van der Waals surface area (Å²) in [4.78, 5) is 8.91. The van der Waals surface area contributed by atoms with Crippen LogP contribution in [0.5, 0.6) is 0 Å². The molecule has 7 heteroatoms. The average Bonchev–Trinajstić information content (AvgIpc) is 3.27. The van der Waals surface area contributed by atoms with Crippen molar-refractivity contribution in [1.29, 1.82) is 0 Å². The molecule has 0 fully saturated rings. The van der Waals surface area contributed by atoms with E-state index < -0.39 is 10.0 Å². The van der Waals surface area contributed by atoms with Crippen molar-refractivity contribution in [2.45, 2.75) is 18.4 Å². The van der Waals surface area contributed by atoms with Gasteiger partial charge in [-0.1, -0.05) is 48.0 Å². The first kappa shape index (κ1) is 20.9. The van der Waals surface area contributed by atoms with Crippen LogP contribution in [0.25, 0.3) is 22.3 Å². The smallest absolute Gasteiger partial charge is 0.264 e. The highest BCUT2D eigenvalue weighted by atomic mass is 32.2. The molecule has 0 unspecified atom stereocenters. The van der Waals surface area contributed by atoms with Crippen LogP contribution in [0.4, 0.5) is 5.69 Å². The quantitative estimate of drug-likeness (QED) is 0.380. The molecule has 0 aliphatic rings. The third kappa shape index (κ3) is 4.36. The third-order valence-electron chi connectivity index (χ3n) is 5.43. The molecule has 5 aromatic rings. The molecule has 1 N–H and O–H groups in total. The summed E-state index contributed by atoms with van der Waals surface area (Å²) in [5.74, 6) is 0.823. The maximum absolute atomic E-state index is 13.0. The fraction of sp³-hybridized carbons (Fsp3) is 0.0769. The standard InChI is InChI=1S/C26H22N4O2S/c1-19-5-2-6-20(17-19)18-30-16-15-28-26(30)22-10-12-23(13-11-22)29-33(31,32)24-9-3-7-21-8-4-14-27-25(21)24/h2-17,29H,18H2,1H3. The van der Waals surface area contributed by atoms with E-state index in [0.717, 1.165) is 16.8 Å². The van der Waals surface area contributed by atoms with E-state index in [1.165, 1.54) is 11.1 Å². The number of hydrogen-bond acceptors (Lipinski definition) is 4. The SMILES string of the molecule is Cc1cccc(Cn2ccnc2-c2ccc(NS(=O)(=O)c3cccc4cccnc34)cc2)c1. The van der Waals surface area contributed by atoms with Crippen molar-refractivity contribution >= 4 is 26.6 Å². The predicted octanol–water partition coefficient (Wildman–Crippen LogP) is 5.26. The van der Waals surface area contributed by atoms with Crippen LogP contribution < -0.4 is 4.72 Å². The first-order valence-electron chi connectivity index (χ1n) is 10.5.